The topological polar surface area (TPSA) is 57.4 Å². The highest BCUT2D eigenvalue weighted by atomic mass is 14.8. The number of aromatic amines is 2. The predicted molar refractivity (Wildman–Crippen MR) is 169 cm³/mol. The van der Waals surface area contributed by atoms with Crippen molar-refractivity contribution in [2.75, 3.05) is 0 Å². The second-order valence-corrected chi connectivity index (χ2v) is 10.5. The smallest absolute Gasteiger partial charge is 0.0694 e. The molecule has 202 valence electrons. The van der Waals surface area contributed by atoms with E-state index in [0.29, 0.717) is 0 Å². The van der Waals surface area contributed by atoms with Crippen LogP contribution in [0.25, 0.3) is 50.4 Å². The van der Waals surface area contributed by atoms with E-state index in [-0.39, 0.29) is 0 Å². The molecule has 8 bridgehead atoms. The lowest BCUT2D eigenvalue weighted by Gasteiger charge is -2.04. The highest BCUT2D eigenvalue weighted by Gasteiger charge is 2.22. The molecule has 5 heterocycles. The molecule has 2 aliphatic heterocycles. The maximum Gasteiger partial charge on any atom is 0.0694 e. The van der Waals surface area contributed by atoms with Crippen LogP contribution in [0.15, 0.2) is 30.8 Å². The van der Waals surface area contributed by atoms with E-state index < -0.39 is 0 Å². The van der Waals surface area contributed by atoms with Gasteiger partial charge in [-0.05, 0) is 109 Å². The van der Waals surface area contributed by atoms with Gasteiger partial charge in [0.2, 0.25) is 0 Å². The van der Waals surface area contributed by atoms with Gasteiger partial charge in [-0.1, -0.05) is 54.2 Å². The molecule has 3 aromatic heterocycles. The molecule has 0 spiro atoms. The van der Waals surface area contributed by atoms with Crippen LogP contribution < -0.4 is 0 Å². The lowest BCUT2D eigenvalue weighted by molar-refractivity contribution is 1.07. The molecule has 5 rings (SSSR count). The number of nitrogens with one attached hydrogen (secondary N) is 2. The molecule has 0 radical (unpaired) electrons. The van der Waals surface area contributed by atoms with Crippen molar-refractivity contribution in [1.82, 2.24) is 19.9 Å². The van der Waals surface area contributed by atoms with Gasteiger partial charge in [-0.15, -0.1) is 0 Å². The predicted octanol–water partition coefficient (Wildman–Crippen LogP) is 9.85. The highest BCUT2D eigenvalue weighted by Crippen LogP contribution is 2.39. The van der Waals surface area contributed by atoms with Gasteiger partial charge in [0, 0.05) is 27.6 Å². The summed E-state index contributed by atoms with van der Waals surface area (Å²) in [5, 5.41) is 0. The molecule has 3 aromatic rings. The Hall–Kier alpha value is -3.66. The molecular weight excluding hydrogens is 476 g/mol. The van der Waals surface area contributed by atoms with E-state index in [2.05, 4.69) is 89.3 Å². The number of nitrogens with zero attached hydrogens (tertiary/aromatic N) is 2. The monoisotopic (exact) mass is 518 g/mol. The fourth-order valence-corrected chi connectivity index (χ4v) is 6.60. The van der Waals surface area contributed by atoms with Crippen LogP contribution in [-0.4, -0.2) is 19.9 Å². The number of aryl methyl sites for hydroxylation is 3. The molecule has 0 atom stereocenters. The number of fused-ring (bicyclic) bond motifs is 8. The summed E-state index contributed by atoms with van der Waals surface area (Å²) in [6.07, 6.45) is 7.71. The van der Waals surface area contributed by atoms with Gasteiger partial charge in [0.05, 0.1) is 22.8 Å². The average Bonchev–Trinajstić information content (AvgIpc) is 3.64. The molecule has 4 heteroatoms. The fraction of sp³-hybridized carbons (Fsp3) is 0.371. The zero-order valence-corrected chi connectivity index (χ0v) is 24.7. The molecule has 0 unspecified atom stereocenters. The minimum Gasteiger partial charge on any atom is -0.355 e. The maximum absolute atomic E-state index is 5.25. The average molecular weight is 519 g/mol. The van der Waals surface area contributed by atoms with Gasteiger partial charge >= 0.3 is 0 Å². The van der Waals surface area contributed by atoms with Crippen molar-refractivity contribution >= 4 is 50.4 Å². The van der Waals surface area contributed by atoms with Crippen molar-refractivity contribution in [2.24, 2.45) is 0 Å². The van der Waals surface area contributed by atoms with Crippen molar-refractivity contribution in [1.29, 1.82) is 0 Å². The Morgan fingerprint density at radius 2 is 0.974 bits per heavy atom. The third-order valence-electron chi connectivity index (χ3n) is 8.55. The Bertz CT molecular complexity index is 1690. The van der Waals surface area contributed by atoms with Gasteiger partial charge in [0.1, 0.15) is 0 Å². The summed E-state index contributed by atoms with van der Waals surface area (Å²) in [5.74, 6) is 0. The third kappa shape index (κ3) is 4.40. The molecule has 4 nitrogen and oxygen atoms in total. The summed E-state index contributed by atoms with van der Waals surface area (Å²) in [6.45, 7) is 19.8. The SMILES string of the molecule is C=Cc1c(C)c2cc3nc(cc4nc(cc5[nH]c(cc1[nH]2)c(CC)c5CC)C(CC)=C4CC)C(CC)=C3CC. The van der Waals surface area contributed by atoms with Crippen molar-refractivity contribution in [2.45, 2.75) is 87.0 Å². The van der Waals surface area contributed by atoms with Crippen LogP contribution in [0, 0.1) is 6.92 Å². The van der Waals surface area contributed by atoms with E-state index in [4.69, 9.17) is 9.97 Å². The van der Waals surface area contributed by atoms with Crippen molar-refractivity contribution in [3.63, 3.8) is 0 Å². The number of H-pyrrole nitrogens is 2. The molecule has 0 amide bonds. The molecule has 0 fully saturated rings. The van der Waals surface area contributed by atoms with Crippen LogP contribution in [-0.2, 0) is 12.8 Å². The van der Waals surface area contributed by atoms with Crippen LogP contribution in [0.1, 0.15) is 112 Å². The largest absolute Gasteiger partial charge is 0.355 e. The molecule has 39 heavy (non-hydrogen) atoms. The quantitative estimate of drug-likeness (QED) is 0.327. The lowest BCUT2D eigenvalue weighted by atomic mass is 9.98. The normalized spacial score (nSPS) is 13.5. The summed E-state index contributed by atoms with van der Waals surface area (Å²) in [5.41, 5.74) is 19.2. The molecular formula is C35H42N4. The summed E-state index contributed by atoms with van der Waals surface area (Å²) < 4.78 is 0. The van der Waals surface area contributed by atoms with Gasteiger partial charge in [0.25, 0.3) is 0 Å². The van der Waals surface area contributed by atoms with Gasteiger partial charge in [-0.25, -0.2) is 9.97 Å². The third-order valence-corrected chi connectivity index (χ3v) is 8.55. The summed E-state index contributed by atoms with van der Waals surface area (Å²) in [6, 6.07) is 9.02. The molecule has 2 aliphatic rings. The van der Waals surface area contributed by atoms with Crippen LogP contribution in [0.4, 0.5) is 0 Å². The van der Waals surface area contributed by atoms with Crippen LogP contribution in [0.5, 0.6) is 0 Å². The Balaban J connectivity index is 2.03. The van der Waals surface area contributed by atoms with E-state index in [9.17, 15) is 0 Å². The van der Waals surface area contributed by atoms with E-state index in [0.717, 1.165) is 83.4 Å². The Labute approximate surface area is 233 Å². The number of hydrogen-bond donors (Lipinski definition) is 2. The zero-order chi connectivity index (χ0) is 27.8. The standard InChI is InChI=1S/C35H42N4/c1-9-21-20(8)28-16-30-22(10-2)23(11-3)32(37-30)18-34-26(14-6)27(15-7)35(39-34)19-33-25(13-5)24(12-4)31(38-33)17-29(21)36-28/h9,16-19,36,38H,1,10-15H2,2-8H3. The van der Waals surface area contributed by atoms with Crippen molar-refractivity contribution < 1.29 is 0 Å². The lowest BCUT2D eigenvalue weighted by Crippen LogP contribution is -1.86. The van der Waals surface area contributed by atoms with Crippen molar-refractivity contribution in [3.05, 3.63) is 75.9 Å². The maximum atomic E-state index is 5.25. The minimum absolute atomic E-state index is 0.946. The van der Waals surface area contributed by atoms with E-state index in [1.807, 2.05) is 6.08 Å². The summed E-state index contributed by atoms with van der Waals surface area (Å²) in [7, 11) is 0. The Kier molecular flexibility index (Phi) is 7.48. The molecule has 2 N–H and O–H groups in total. The molecule has 0 saturated heterocycles. The van der Waals surface area contributed by atoms with Crippen LogP contribution >= 0.6 is 0 Å². The first-order valence-corrected chi connectivity index (χ1v) is 14.8. The summed E-state index contributed by atoms with van der Waals surface area (Å²) >= 11 is 0. The Morgan fingerprint density at radius 3 is 1.41 bits per heavy atom. The van der Waals surface area contributed by atoms with Crippen LogP contribution in [0.3, 0.4) is 0 Å². The number of rotatable bonds is 7. The van der Waals surface area contributed by atoms with Crippen LogP contribution in [0.2, 0.25) is 0 Å². The minimum atomic E-state index is 0.946. The molecule has 0 aliphatic carbocycles. The Morgan fingerprint density at radius 1 is 0.564 bits per heavy atom. The van der Waals surface area contributed by atoms with Gasteiger partial charge in [0.15, 0.2) is 0 Å². The number of hydrogen-bond acceptors (Lipinski definition) is 2. The first kappa shape index (κ1) is 26.9. The van der Waals surface area contributed by atoms with Gasteiger partial charge in [-0.2, -0.15) is 0 Å². The fourth-order valence-electron chi connectivity index (χ4n) is 6.60. The van der Waals surface area contributed by atoms with E-state index in [1.165, 1.54) is 44.5 Å². The number of allylic oxidation sites excluding steroid dienone is 4. The second-order valence-electron chi connectivity index (χ2n) is 10.5. The van der Waals surface area contributed by atoms with E-state index >= 15 is 0 Å². The highest BCUT2D eigenvalue weighted by molar-refractivity contribution is 5.96. The molecule has 0 saturated carbocycles. The first-order chi connectivity index (χ1) is 18.9. The number of aromatic nitrogens is 4. The van der Waals surface area contributed by atoms with Crippen molar-refractivity contribution in [3.8, 4) is 0 Å². The zero-order valence-electron chi connectivity index (χ0n) is 24.7. The van der Waals surface area contributed by atoms with Gasteiger partial charge in [-0.3, -0.25) is 0 Å². The van der Waals surface area contributed by atoms with Gasteiger partial charge < -0.3 is 9.97 Å². The first-order valence-electron chi connectivity index (χ1n) is 14.8. The van der Waals surface area contributed by atoms with E-state index in [1.54, 1.807) is 0 Å². The summed E-state index contributed by atoms with van der Waals surface area (Å²) in [4.78, 5) is 18.0. The molecule has 0 aromatic carbocycles. The second kappa shape index (κ2) is 10.8.